The molecule has 0 radical (unpaired) electrons. The number of carbonyl (C=O) groups excluding carboxylic acids is 2. The molecular formula is C17H15BrN4O3. The second-order valence-electron chi connectivity index (χ2n) is 5.14. The molecule has 0 saturated carbocycles. The van der Waals surface area contributed by atoms with Crippen LogP contribution in [0.3, 0.4) is 0 Å². The van der Waals surface area contributed by atoms with E-state index >= 15 is 0 Å². The number of amides is 2. The largest absolute Gasteiger partial charge is 0.459 e. The van der Waals surface area contributed by atoms with Crippen LogP contribution in [0.4, 0.5) is 0 Å². The first-order valence-electron chi connectivity index (χ1n) is 7.54. The number of hydrogen-bond donors (Lipinski definition) is 2. The molecule has 0 bridgehead atoms. The van der Waals surface area contributed by atoms with Crippen LogP contribution in [-0.4, -0.2) is 34.7 Å². The van der Waals surface area contributed by atoms with Crippen LogP contribution in [0.1, 0.15) is 20.9 Å². The highest BCUT2D eigenvalue weighted by Gasteiger charge is 2.08. The monoisotopic (exact) mass is 402 g/mol. The summed E-state index contributed by atoms with van der Waals surface area (Å²) in [5.74, 6) is -0.276. The van der Waals surface area contributed by atoms with Gasteiger partial charge in [0.25, 0.3) is 11.8 Å². The smallest absolute Gasteiger partial charge is 0.287 e. The number of furan rings is 1. The third-order valence-corrected chi connectivity index (χ3v) is 3.80. The first kappa shape index (κ1) is 17.0. The summed E-state index contributed by atoms with van der Waals surface area (Å²) in [5, 5.41) is 9.59. The standard InChI is InChI=1S/C17H15BrN4O3/c18-13-10-21-22(11-13)14-5-3-12(4-6-14)16(23)19-7-8-20-17(24)15-2-1-9-25-15/h1-6,9-11H,7-8H2,(H,19,23)(H,20,24). The van der Waals surface area contributed by atoms with Gasteiger partial charge in [0.15, 0.2) is 5.76 Å². The van der Waals surface area contributed by atoms with E-state index in [-0.39, 0.29) is 17.6 Å². The predicted molar refractivity (Wildman–Crippen MR) is 94.6 cm³/mol. The van der Waals surface area contributed by atoms with Gasteiger partial charge in [0.05, 0.1) is 22.6 Å². The minimum atomic E-state index is -0.311. The normalized spacial score (nSPS) is 10.4. The van der Waals surface area contributed by atoms with E-state index in [9.17, 15) is 9.59 Å². The van der Waals surface area contributed by atoms with Gasteiger partial charge in [-0.1, -0.05) is 0 Å². The fraction of sp³-hybridized carbons (Fsp3) is 0.118. The van der Waals surface area contributed by atoms with Crippen molar-refractivity contribution in [2.24, 2.45) is 0 Å². The molecule has 2 aromatic heterocycles. The van der Waals surface area contributed by atoms with Crippen molar-refractivity contribution in [2.75, 3.05) is 13.1 Å². The Bertz CT molecular complexity index is 856. The third kappa shape index (κ3) is 4.36. The molecule has 2 amide bonds. The van der Waals surface area contributed by atoms with Crippen molar-refractivity contribution in [2.45, 2.75) is 0 Å². The highest BCUT2D eigenvalue weighted by Crippen LogP contribution is 2.13. The average Bonchev–Trinajstić information content (AvgIpc) is 3.30. The van der Waals surface area contributed by atoms with E-state index in [1.807, 2.05) is 18.3 Å². The SMILES string of the molecule is O=C(NCCNC(=O)c1ccco1)c1ccc(-n2cc(Br)cn2)cc1. The molecule has 0 spiro atoms. The number of rotatable bonds is 6. The third-order valence-electron chi connectivity index (χ3n) is 3.39. The number of nitrogens with zero attached hydrogens (tertiary/aromatic N) is 2. The quantitative estimate of drug-likeness (QED) is 0.619. The second kappa shape index (κ2) is 7.80. The van der Waals surface area contributed by atoms with Gasteiger partial charge in [-0.05, 0) is 52.3 Å². The number of hydrogen-bond acceptors (Lipinski definition) is 4. The minimum absolute atomic E-state index is 0.208. The number of aromatic nitrogens is 2. The van der Waals surface area contributed by atoms with E-state index < -0.39 is 0 Å². The molecule has 2 N–H and O–H groups in total. The Morgan fingerprint density at radius 3 is 2.40 bits per heavy atom. The maximum atomic E-state index is 12.1. The summed E-state index contributed by atoms with van der Waals surface area (Å²) in [6.45, 7) is 0.629. The Hall–Kier alpha value is -2.87. The Morgan fingerprint density at radius 2 is 1.80 bits per heavy atom. The Kier molecular flexibility index (Phi) is 5.30. The Morgan fingerprint density at radius 1 is 1.08 bits per heavy atom. The van der Waals surface area contributed by atoms with Gasteiger partial charge in [-0.15, -0.1) is 0 Å². The van der Waals surface area contributed by atoms with Crippen molar-refractivity contribution in [3.8, 4) is 5.69 Å². The summed E-state index contributed by atoms with van der Waals surface area (Å²) in [6, 6.07) is 10.3. The number of carbonyl (C=O) groups is 2. The van der Waals surface area contributed by atoms with Crippen molar-refractivity contribution in [1.29, 1.82) is 0 Å². The molecule has 3 rings (SSSR count). The molecule has 128 valence electrons. The summed E-state index contributed by atoms with van der Waals surface area (Å²) < 4.78 is 7.57. The van der Waals surface area contributed by atoms with E-state index in [4.69, 9.17) is 4.42 Å². The lowest BCUT2D eigenvalue weighted by molar-refractivity contribution is 0.0910. The van der Waals surface area contributed by atoms with Crippen LogP contribution >= 0.6 is 15.9 Å². The highest BCUT2D eigenvalue weighted by molar-refractivity contribution is 9.10. The molecule has 0 saturated heterocycles. The first-order valence-corrected chi connectivity index (χ1v) is 8.33. The molecule has 7 nitrogen and oxygen atoms in total. The number of nitrogens with one attached hydrogen (secondary N) is 2. The molecule has 2 heterocycles. The molecule has 25 heavy (non-hydrogen) atoms. The van der Waals surface area contributed by atoms with Gasteiger partial charge in [0.1, 0.15) is 0 Å². The molecule has 1 aromatic carbocycles. The van der Waals surface area contributed by atoms with Gasteiger partial charge in [-0.2, -0.15) is 5.10 Å². The predicted octanol–water partition coefficient (Wildman–Crippen LogP) is 2.39. The van der Waals surface area contributed by atoms with Crippen molar-refractivity contribution in [3.63, 3.8) is 0 Å². The maximum Gasteiger partial charge on any atom is 0.287 e. The van der Waals surface area contributed by atoms with Gasteiger partial charge in [0.2, 0.25) is 0 Å². The molecule has 0 atom stereocenters. The zero-order valence-electron chi connectivity index (χ0n) is 13.1. The lowest BCUT2D eigenvalue weighted by atomic mass is 10.2. The maximum absolute atomic E-state index is 12.1. The van der Waals surface area contributed by atoms with Gasteiger partial charge in [-0.25, -0.2) is 4.68 Å². The fourth-order valence-corrected chi connectivity index (χ4v) is 2.44. The second-order valence-corrected chi connectivity index (χ2v) is 6.05. The van der Waals surface area contributed by atoms with Crippen LogP contribution in [-0.2, 0) is 0 Å². The highest BCUT2D eigenvalue weighted by atomic mass is 79.9. The molecule has 0 aliphatic heterocycles. The molecule has 0 unspecified atom stereocenters. The molecule has 0 aliphatic carbocycles. The zero-order valence-corrected chi connectivity index (χ0v) is 14.7. The topological polar surface area (TPSA) is 89.2 Å². The molecule has 3 aromatic rings. The molecular weight excluding hydrogens is 388 g/mol. The average molecular weight is 403 g/mol. The van der Waals surface area contributed by atoms with Crippen LogP contribution in [0.2, 0.25) is 0 Å². The summed E-state index contributed by atoms with van der Waals surface area (Å²) >= 11 is 3.34. The van der Waals surface area contributed by atoms with Gasteiger partial charge in [-0.3, -0.25) is 9.59 Å². The van der Waals surface area contributed by atoms with E-state index in [1.54, 1.807) is 35.1 Å². The van der Waals surface area contributed by atoms with Crippen LogP contribution < -0.4 is 10.6 Å². The molecule has 0 fully saturated rings. The molecule has 0 aliphatic rings. The minimum Gasteiger partial charge on any atom is -0.459 e. The van der Waals surface area contributed by atoms with Crippen molar-refractivity contribution in [1.82, 2.24) is 20.4 Å². The Balaban J connectivity index is 1.47. The van der Waals surface area contributed by atoms with Crippen LogP contribution in [0, 0.1) is 0 Å². The van der Waals surface area contributed by atoms with E-state index in [1.165, 1.54) is 6.26 Å². The zero-order chi connectivity index (χ0) is 17.6. The summed E-state index contributed by atoms with van der Waals surface area (Å²) in [4.78, 5) is 23.8. The summed E-state index contributed by atoms with van der Waals surface area (Å²) in [6.07, 6.45) is 4.96. The van der Waals surface area contributed by atoms with Crippen LogP contribution in [0.5, 0.6) is 0 Å². The number of benzene rings is 1. The van der Waals surface area contributed by atoms with Crippen molar-refractivity contribution in [3.05, 3.63) is 70.9 Å². The summed E-state index contributed by atoms with van der Waals surface area (Å²) in [5.41, 5.74) is 1.39. The number of halogens is 1. The van der Waals surface area contributed by atoms with Crippen LogP contribution in [0.25, 0.3) is 5.69 Å². The lowest BCUT2D eigenvalue weighted by Crippen LogP contribution is -2.34. The fourth-order valence-electron chi connectivity index (χ4n) is 2.16. The Labute approximate surface area is 152 Å². The van der Waals surface area contributed by atoms with Gasteiger partial charge < -0.3 is 15.1 Å². The van der Waals surface area contributed by atoms with E-state index in [0.29, 0.717) is 18.7 Å². The first-order chi connectivity index (χ1) is 12.1. The van der Waals surface area contributed by atoms with Crippen molar-refractivity contribution < 1.29 is 14.0 Å². The van der Waals surface area contributed by atoms with Gasteiger partial charge >= 0.3 is 0 Å². The van der Waals surface area contributed by atoms with Crippen LogP contribution in [0.15, 0.2) is 63.9 Å². The molecule has 8 heteroatoms. The van der Waals surface area contributed by atoms with E-state index in [0.717, 1.165) is 10.2 Å². The van der Waals surface area contributed by atoms with Crippen molar-refractivity contribution >= 4 is 27.7 Å². The van der Waals surface area contributed by atoms with Gasteiger partial charge in [0, 0.05) is 24.8 Å². The lowest BCUT2D eigenvalue weighted by Gasteiger charge is -2.07. The summed E-state index contributed by atoms with van der Waals surface area (Å²) in [7, 11) is 0. The van der Waals surface area contributed by atoms with E-state index in [2.05, 4.69) is 31.7 Å².